The summed E-state index contributed by atoms with van der Waals surface area (Å²) in [4.78, 5) is 2.32. The first-order valence-corrected chi connectivity index (χ1v) is 6.73. The molecule has 1 aliphatic rings. The van der Waals surface area contributed by atoms with Gasteiger partial charge in [0.15, 0.2) is 0 Å². The van der Waals surface area contributed by atoms with Gasteiger partial charge in [-0.05, 0) is 33.8 Å². The normalized spacial score (nSPS) is 18.7. The molecule has 106 valence electrons. The Morgan fingerprint density at radius 1 is 1.32 bits per heavy atom. The third-order valence-corrected chi connectivity index (χ3v) is 3.78. The first-order chi connectivity index (χ1) is 8.92. The lowest BCUT2D eigenvalue weighted by Crippen LogP contribution is -2.42. The lowest BCUT2D eigenvalue weighted by molar-refractivity contribution is 0.250. The average molecular weight is 263 g/mol. The maximum Gasteiger partial charge on any atom is 0.137 e. The summed E-state index contributed by atoms with van der Waals surface area (Å²) in [6, 6.07) is 2.32. The van der Waals surface area contributed by atoms with Crippen LogP contribution in [0.3, 0.4) is 0 Å². The summed E-state index contributed by atoms with van der Waals surface area (Å²) >= 11 is 0. The Labute approximate surface area is 116 Å². The molecule has 1 saturated heterocycles. The minimum Gasteiger partial charge on any atom is -0.495 e. The van der Waals surface area contributed by atoms with Crippen LogP contribution in [-0.4, -0.2) is 38.2 Å². The van der Waals surface area contributed by atoms with Gasteiger partial charge >= 0.3 is 0 Å². The molecule has 0 aromatic rings. The van der Waals surface area contributed by atoms with Gasteiger partial charge in [0.05, 0.1) is 24.3 Å². The SMILES string of the molecule is COC(/C=C(\C)C(C)(C)C#N)=C(/C)N1CCNCC1. The van der Waals surface area contributed by atoms with Crippen molar-refractivity contribution in [3.63, 3.8) is 0 Å². The Hall–Kier alpha value is -1.47. The Balaban J connectivity index is 2.99. The minimum atomic E-state index is -0.465. The van der Waals surface area contributed by atoms with Crippen LogP contribution >= 0.6 is 0 Å². The lowest BCUT2D eigenvalue weighted by Gasteiger charge is -2.31. The topological polar surface area (TPSA) is 48.3 Å². The number of nitriles is 1. The van der Waals surface area contributed by atoms with Crippen LogP contribution in [0, 0.1) is 16.7 Å². The van der Waals surface area contributed by atoms with E-state index in [1.54, 1.807) is 7.11 Å². The number of allylic oxidation sites excluding steroid dienone is 3. The fraction of sp³-hybridized carbons (Fsp3) is 0.667. The van der Waals surface area contributed by atoms with E-state index in [2.05, 4.69) is 23.2 Å². The van der Waals surface area contributed by atoms with Gasteiger partial charge in [-0.3, -0.25) is 0 Å². The molecule has 0 saturated carbocycles. The molecule has 1 aliphatic heterocycles. The molecule has 0 aliphatic carbocycles. The van der Waals surface area contributed by atoms with Crippen LogP contribution in [-0.2, 0) is 4.74 Å². The van der Waals surface area contributed by atoms with Gasteiger partial charge in [-0.1, -0.05) is 5.57 Å². The molecule has 0 unspecified atom stereocenters. The van der Waals surface area contributed by atoms with Gasteiger partial charge < -0.3 is 15.0 Å². The molecule has 1 heterocycles. The smallest absolute Gasteiger partial charge is 0.137 e. The van der Waals surface area contributed by atoms with E-state index in [9.17, 15) is 5.26 Å². The number of piperazine rings is 1. The fourth-order valence-corrected chi connectivity index (χ4v) is 1.93. The molecular formula is C15H25N3O. The monoisotopic (exact) mass is 263 g/mol. The van der Waals surface area contributed by atoms with Crippen LogP contribution < -0.4 is 5.32 Å². The molecule has 19 heavy (non-hydrogen) atoms. The summed E-state index contributed by atoms with van der Waals surface area (Å²) in [5.41, 5.74) is 1.69. The van der Waals surface area contributed by atoms with E-state index >= 15 is 0 Å². The van der Waals surface area contributed by atoms with Crippen molar-refractivity contribution >= 4 is 0 Å². The second-order valence-corrected chi connectivity index (χ2v) is 5.45. The predicted octanol–water partition coefficient (Wildman–Crippen LogP) is 2.27. The molecule has 1 N–H and O–H groups in total. The Bertz CT molecular complexity index is 410. The number of nitrogens with zero attached hydrogens (tertiary/aromatic N) is 2. The Morgan fingerprint density at radius 3 is 2.37 bits per heavy atom. The van der Waals surface area contributed by atoms with Gasteiger partial charge in [0.25, 0.3) is 0 Å². The first kappa shape index (κ1) is 15.6. The molecule has 4 nitrogen and oxygen atoms in total. The zero-order chi connectivity index (χ0) is 14.5. The molecule has 0 radical (unpaired) electrons. The molecule has 4 heteroatoms. The highest BCUT2D eigenvalue weighted by atomic mass is 16.5. The molecule has 0 bridgehead atoms. The van der Waals surface area contributed by atoms with E-state index in [1.807, 2.05) is 26.8 Å². The van der Waals surface area contributed by atoms with Crippen molar-refractivity contribution in [3.8, 4) is 6.07 Å². The van der Waals surface area contributed by atoms with Gasteiger partial charge in [0, 0.05) is 26.2 Å². The first-order valence-electron chi connectivity index (χ1n) is 6.73. The Morgan fingerprint density at radius 2 is 1.89 bits per heavy atom. The van der Waals surface area contributed by atoms with Gasteiger partial charge in [-0.15, -0.1) is 0 Å². The Kier molecular flexibility index (Phi) is 5.44. The number of ether oxygens (including phenoxy) is 1. The van der Waals surface area contributed by atoms with Crippen molar-refractivity contribution < 1.29 is 4.74 Å². The van der Waals surface area contributed by atoms with E-state index in [1.165, 1.54) is 0 Å². The second kappa shape index (κ2) is 6.63. The van der Waals surface area contributed by atoms with Crippen molar-refractivity contribution in [1.82, 2.24) is 10.2 Å². The van der Waals surface area contributed by atoms with Crippen molar-refractivity contribution in [1.29, 1.82) is 5.26 Å². The molecule has 0 atom stereocenters. The maximum atomic E-state index is 9.17. The number of nitrogens with one attached hydrogen (secondary N) is 1. The van der Waals surface area contributed by atoms with Crippen LogP contribution in [0.2, 0.25) is 0 Å². The summed E-state index contributed by atoms with van der Waals surface area (Å²) in [6.45, 7) is 11.9. The summed E-state index contributed by atoms with van der Waals surface area (Å²) in [5, 5.41) is 12.5. The number of hydrogen-bond donors (Lipinski definition) is 1. The molecule has 0 aromatic carbocycles. The van der Waals surface area contributed by atoms with Crippen LogP contribution in [0.15, 0.2) is 23.1 Å². The van der Waals surface area contributed by atoms with Crippen molar-refractivity contribution in [2.45, 2.75) is 27.7 Å². The van der Waals surface area contributed by atoms with Crippen LogP contribution in [0.4, 0.5) is 0 Å². The van der Waals surface area contributed by atoms with Crippen LogP contribution in [0.25, 0.3) is 0 Å². The standard InChI is InChI=1S/C15H25N3O/c1-12(15(3,4)11-16)10-14(19-5)13(2)18-8-6-17-7-9-18/h10,17H,6-9H2,1-5H3/b12-10+,14-13-. The van der Waals surface area contributed by atoms with E-state index in [0.717, 1.165) is 43.2 Å². The molecular weight excluding hydrogens is 238 g/mol. The summed E-state index contributed by atoms with van der Waals surface area (Å²) in [6.07, 6.45) is 1.99. The fourth-order valence-electron chi connectivity index (χ4n) is 1.93. The number of rotatable bonds is 4. The highest BCUT2D eigenvalue weighted by Crippen LogP contribution is 2.27. The number of hydrogen-bond acceptors (Lipinski definition) is 4. The van der Waals surface area contributed by atoms with Gasteiger partial charge in [0.2, 0.25) is 0 Å². The molecule has 0 spiro atoms. The molecule has 1 rings (SSSR count). The maximum absolute atomic E-state index is 9.17. The highest BCUT2D eigenvalue weighted by molar-refractivity contribution is 5.28. The van der Waals surface area contributed by atoms with E-state index in [4.69, 9.17) is 4.74 Å². The van der Waals surface area contributed by atoms with E-state index in [0.29, 0.717) is 0 Å². The third kappa shape index (κ3) is 4.00. The summed E-state index contributed by atoms with van der Waals surface area (Å²) in [5.74, 6) is 0.850. The third-order valence-electron chi connectivity index (χ3n) is 3.78. The molecule has 0 aromatic heterocycles. The van der Waals surface area contributed by atoms with E-state index in [-0.39, 0.29) is 0 Å². The van der Waals surface area contributed by atoms with Crippen molar-refractivity contribution in [3.05, 3.63) is 23.1 Å². The quantitative estimate of drug-likeness (QED) is 0.624. The van der Waals surface area contributed by atoms with Crippen molar-refractivity contribution in [2.75, 3.05) is 33.3 Å². The lowest BCUT2D eigenvalue weighted by atomic mass is 9.86. The highest BCUT2D eigenvalue weighted by Gasteiger charge is 2.20. The number of methoxy groups -OCH3 is 1. The summed E-state index contributed by atoms with van der Waals surface area (Å²) in [7, 11) is 1.68. The molecule has 0 amide bonds. The zero-order valence-corrected chi connectivity index (χ0v) is 12.7. The van der Waals surface area contributed by atoms with E-state index < -0.39 is 5.41 Å². The largest absolute Gasteiger partial charge is 0.495 e. The van der Waals surface area contributed by atoms with Gasteiger partial charge in [0.1, 0.15) is 5.76 Å². The van der Waals surface area contributed by atoms with Crippen molar-refractivity contribution in [2.24, 2.45) is 5.41 Å². The summed E-state index contributed by atoms with van der Waals surface area (Å²) < 4.78 is 5.51. The zero-order valence-electron chi connectivity index (χ0n) is 12.7. The van der Waals surface area contributed by atoms with Crippen LogP contribution in [0.1, 0.15) is 27.7 Å². The predicted molar refractivity (Wildman–Crippen MR) is 77.3 cm³/mol. The van der Waals surface area contributed by atoms with Crippen LogP contribution in [0.5, 0.6) is 0 Å². The molecule has 1 fully saturated rings. The average Bonchev–Trinajstić information content (AvgIpc) is 2.44. The second-order valence-electron chi connectivity index (χ2n) is 5.45. The minimum absolute atomic E-state index is 0.465. The van der Waals surface area contributed by atoms with Gasteiger partial charge in [-0.25, -0.2) is 0 Å². The van der Waals surface area contributed by atoms with Gasteiger partial charge in [-0.2, -0.15) is 5.26 Å².